The molecule has 0 unspecified atom stereocenters. The second-order valence-corrected chi connectivity index (χ2v) is 6.10. The van der Waals surface area contributed by atoms with E-state index in [1.807, 2.05) is 0 Å². The molecular weight excluding hydrogens is 326 g/mol. The van der Waals surface area contributed by atoms with Gasteiger partial charge in [-0.25, -0.2) is 13.8 Å². The molecule has 4 nitrogen and oxygen atoms in total. The topological polar surface area (TPSA) is 48.0 Å². The highest BCUT2D eigenvalue weighted by Crippen LogP contribution is 2.33. The average molecular weight is 340 g/mol. The van der Waals surface area contributed by atoms with Crippen LogP contribution < -0.4 is 0 Å². The molecule has 6 heteroatoms. The predicted octanol–water partition coefficient (Wildman–Crippen LogP) is 4.40. The number of hydrogen-bond acceptors (Lipinski definition) is 3. The zero-order valence-electron chi connectivity index (χ0n) is 13.6. The molecule has 2 aromatic heterocycles. The molecule has 0 bridgehead atoms. The zero-order chi connectivity index (χ0) is 17.7. The van der Waals surface area contributed by atoms with Crippen molar-refractivity contribution >= 4 is 27.8 Å². The van der Waals surface area contributed by atoms with Crippen LogP contribution in [-0.2, 0) is 18.3 Å². The molecule has 0 atom stereocenters. The van der Waals surface area contributed by atoms with Crippen LogP contribution in [0.2, 0.25) is 0 Å². The molecule has 0 spiro atoms. The second kappa shape index (κ2) is 5.51. The fourth-order valence-electron chi connectivity index (χ4n) is 3.05. The maximum atomic E-state index is 14.6. The van der Waals surface area contributed by atoms with Crippen LogP contribution in [0.4, 0.5) is 8.78 Å². The summed E-state index contributed by atoms with van der Waals surface area (Å²) < 4.78 is 35.5. The maximum absolute atomic E-state index is 14.6. The van der Waals surface area contributed by atoms with Crippen molar-refractivity contribution < 1.29 is 18.0 Å². The molecule has 0 amide bonds. The van der Waals surface area contributed by atoms with Gasteiger partial charge in [0.1, 0.15) is 17.1 Å². The first-order valence-electron chi connectivity index (χ1n) is 7.76. The number of nitrogens with zero attached hydrogens (tertiary/aromatic N) is 2. The van der Waals surface area contributed by atoms with Gasteiger partial charge in [0.2, 0.25) is 5.89 Å². The first kappa shape index (κ1) is 15.5. The minimum atomic E-state index is -0.572. The molecule has 0 N–H and O–H groups in total. The van der Waals surface area contributed by atoms with E-state index in [0.29, 0.717) is 16.6 Å². The van der Waals surface area contributed by atoms with E-state index in [-0.39, 0.29) is 35.1 Å². The Balaban J connectivity index is 1.91. The fourth-order valence-corrected chi connectivity index (χ4v) is 3.05. The van der Waals surface area contributed by atoms with Gasteiger partial charge < -0.3 is 8.98 Å². The van der Waals surface area contributed by atoms with Gasteiger partial charge in [-0.2, -0.15) is 0 Å². The summed E-state index contributed by atoms with van der Waals surface area (Å²) in [4.78, 5) is 15.6. The summed E-state index contributed by atoms with van der Waals surface area (Å²) >= 11 is 0. The summed E-state index contributed by atoms with van der Waals surface area (Å²) in [6.45, 7) is 1.41. The van der Waals surface area contributed by atoms with Crippen LogP contribution in [-0.4, -0.2) is 15.3 Å². The van der Waals surface area contributed by atoms with E-state index in [1.54, 1.807) is 36.0 Å². The van der Waals surface area contributed by atoms with E-state index < -0.39 is 5.82 Å². The number of oxazole rings is 1. The number of aromatic nitrogens is 2. The quantitative estimate of drug-likeness (QED) is 0.555. The number of benzene rings is 2. The van der Waals surface area contributed by atoms with E-state index in [1.165, 1.54) is 19.1 Å². The summed E-state index contributed by atoms with van der Waals surface area (Å²) in [5, 5.41) is 0.764. The van der Waals surface area contributed by atoms with Crippen molar-refractivity contribution in [2.45, 2.75) is 13.3 Å². The van der Waals surface area contributed by atoms with Crippen molar-refractivity contribution in [2.75, 3.05) is 0 Å². The molecule has 2 heterocycles. The molecule has 4 aromatic rings. The number of ketones is 1. The Morgan fingerprint density at radius 1 is 1.24 bits per heavy atom. The molecule has 0 aliphatic heterocycles. The van der Waals surface area contributed by atoms with Crippen molar-refractivity contribution in [2.24, 2.45) is 7.05 Å². The van der Waals surface area contributed by atoms with E-state index in [4.69, 9.17) is 4.42 Å². The highest BCUT2D eigenvalue weighted by atomic mass is 19.1. The lowest BCUT2D eigenvalue weighted by atomic mass is 10.1. The highest BCUT2D eigenvalue weighted by Gasteiger charge is 2.19. The predicted molar refractivity (Wildman–Crippen MR) is 90.2 cm³/mol. The lowest BCUT2D eigenvalue weighted by molar-refractivity contribution is -0.116. The number of carbonyl (C=O) groups excluding carboxylic acids is 1. The third kappa shape index (κ3) is 2.50. The first-order chi connectivity index (χ1) is 11.9. The molecule has 0 aliphatic rings. The third-order valence-corrected chi connectivity index (χ3v) is 4.20. The van der Waals surface area contributed by atoms with Crippen molar-refractivity contribution in [3.05, 3.63) is 53.7 Å². The SMILES string of the molecule is CC(=O)Cc1ccc2nc(-c3cn(C)c4cc(F)ccc34)oc2c1F. The number of aryl methyl sites for hydroxylation is 1. The third-order valence-electron chi connectivity index (χ3n) is 4.20. The molecular formula is C19H14F2N2O2. The standard InChI is InChI=1S/C19H14F2N2O2/c1-10(24)7-11-3-6-15-18(17(11)21)25-19(22-15)14-9-23(2)16-8-12(20)4-5-13(14)16/h3-6,8-9H,7H2,1-2H3. The number of fused-ring (bicyclic) bond motifs is 2. The summed E-state index contributed by atoms with van der Waals surface area (Å²) in [5.41, 5.74) is 2.02. The molecule has 0 aliphatic carbocycles. The van der Waals surface area contributed by atoms with Gasteiger partial charge >= 0.3 is 0 Å². The second-order valence-electron chi connectivity index (χ2n) is 6.10. The van der Waals surface area contributed by atoms with Crippen molar-refractivity contribution in [1.82, 2.24) is 9.55 Å². The number of halogens is 2. The summed E-state index contributed by atoms with van der Waals surface area (Å²) in [6.07, 6.45) is 1.77. The van der Waals surface area contributed by atoms with Gasteiger partial charge in [0, 0.05) is 25.1 Å². The minimum absolute atomic E-state index is 0.00531. The number of rotatable bonds is 3. The van der Waals surface area contributed by atoms with Gasteiger partial charge in [0.05, 0.1) is 11.1 Å². The Morgan fingerprint density at radius 2 is 2.04 bits per heavy atom. The number of hydrogen-bond donors (Lipinski definition) is 0. The Morgan fingerprint density at radius 3 is 2.80 bits per heavy atom. The van der Waals surface area contributed by atoms with Gasteiger partial charge in [-0.3, -0.25) is 4.79 Å². The maximum Gasteiger partial charge on any atom is 0.229 e. The van der Waals surface area contributed by atoms with Gasteiger partial charge in [-0.15, -0.1) is 0 Å². The van der Waals surface area contributed by atoms with Crippen LogP contribution >= 0.6 is 0 Å². The molecule has 25 heavy (non-hydrogen) atoms. The molecule has 0 saturated heterocycles. The molecule has 0 fully saturated rings. The smallest absolute Gasteiger partial charge is 0.229 e. The lowest BCUT2D eigenvalue weighted by Crippen LogP contribution is -1.99. The minimum Gasteiger partial charge on any atom is -0.433 e. The number of Topliss-reactive ketones (excluding diaryl/α,β-unsaturated/α-hetero) is 1. The van der Waals surface area contributed by atoms with Crippen molar-refractivity contribution in [3.63, 3.8) is 0 Å². The molecule has 0 saturated carbocycles. The normalized spacial score (nSPS) is 11.5. The van der Waals surface area contributed by atoms with Gasteiger partial charge in [-0.05, 0) is 36.8 Å². The van der Waals surface area contributed by atoms with E-state index in [0.717, 1.165) is 5.39 Å². The van der Waals surface area contributed by atoms with Crippen LogP contribution in [0.25, 0.3) is 33.5 Å². The Bertz CT molecular complexity index is 1140. The van der Waals surface area contributed by atoms with Crippen LogP contribution in [0.15, 0.2) is 40.9 Å². The molecule has 126 valence electrons. The van der Waals surface area contributed by atoms with Crippen LogP contribution in [0.1, 0.15) is 12.5 Å². The zero-order valence-corrected chi connectivity index (χ0v) is 13.6. The summed E-state index contributed by atoms with van der Waals surface area (Å²) in [7, 11) is 1.79. The summed E-state index contributed by atoms with van der Waals surface area (Å²) in [5.74, 6) is -0.782. The fraction of sp³-hybridized carbons (Fsp3) is 0.158. The van der Waals surface area contributed by atoms with E-state index in [2.05, 4.69) is 4.98 Å². The van der Waals surface area contributed by atoms with Gasteiger partial charge in [-0.1, -0.05) is 6.07 Å². The molecule has 0 radical (unpaired) electrons. The first-order valence-corrected chi connectivity index (χ1v) is 7.76. The van der Waals surface area contributed by atoms with Crippen molar-refractivity contribution in [3.8, 4) is 11.5 Å². The van der Waals surface area contributed by atoms with Crippen molar-refractivity contribution in [1.29, 1.82) is 0 Å². The Kier molecular flexibility index (Phi) is 3.42. The number of carbonyl (C=O) groups is 1. The lowest BCUT2D eigenvalue weighted by Gasteiger charge is -1.99. The largest absolute Gasteiger partial charge is 0.433 e. The van der Waals surface area contributed by atoms with E-state index >= 15 is 0 Å². The van der Waals surface area contributed by atoms with Crippen LogP contribution in [0, 0.1) is 11.6 Å². The van der Waals surface area contributed by atoms with E-state index in [9.17, 15) is 13.6 Å². The molecule has 4 rings (SSSR count). The molecule has 2 aromatic carbocycles. The highest BCUT2D eigenvalue weighted by molar-refractivity contribution is 5.95. The van der Waals surface area contributed by atoms with Gasteiger partial charge in [0.25, 0.3) is 0 Å². The van der Waals surface area contributed by atoms with Crippen LogP contribution in [0.5, 0.6) is 0 Å². The van der Waals surface area contributed by atoms with Gasteiger partial charge in [0.15, 0.2) is 11.4 Å². The Labute approximate surface area is 141 Å². The van der Waals surface area contributed by atoms with Crippen LogP contribution in [0.3, 0.4) is 0 Å². The average Bonchev–Trinajstić information content (AvgIpc) is 3.12. The summed E-state index contributed by atoms with van der Waals surface area (Å²) in [6, 6.07) is 7.61. The Hall–Kier alpha value is -3.02. The monoisotopic (exact) mass is 340 g/mol.